The summed E-state index contributed by atoms with van der Waals surface area (Å²) in [5.74, 6) is 1.16. The van der Waals surface area contributed by atoms with E-state index in [4.69, 9.17) is 9.72 Å². The molecule has 4 heteroatoms. The lowest BCUT2D eigenvalue weighted by Gasteiger charge is -2.18. The topological polar surface area (TPSA) is 39.1 Å². The van der Waals surface area contributed by atoms with Crippen molar-refractivity contribution < 1.29 is 4.74 Å². The summed E-state index contributed by atoms with van der Waals surface area (Å²) in [5.41, 5.74) is 2.33. The van der Waals surface area contributed by atoms with Crippen molar-refractivity contribution in [3.05, 3.63) is 30.1 Å². The molecule has 1 aromatic heterocycles. The summed E-state index contributed by atoms with van der Waals surface area (Å²) >= 11 is 0. The van der Waals surface area contributed by atoms with Gasteiger partial charge in [-0.25, -0.2) is 4.98 Å². The molecule has 4 nitrogen and oxygen atoms in total. The Bertz CT molecular complexity index is 550. The molecule has 0 spiro atoms. The highest BCUT2D eigenvalue weighted by molar-refractivity contribution is 5.75. The van der Waals surface area contributed by atoms with E-state index in [0.29, 0.717) is 6.04 Å². The van der Waals surface area contributed by atoms with Crippen molar-refractivity contribution >= 4 is 11.0 Å². The fourth-order valence-electron chi connectivity index (χ4n) is 2.71. The Kier molecular flexibility index (Phi) is 6.21. The van der Waals surface area contributed by atoms with Crippen molar-refractivity contribution in [3.8, 4) is 0 Å². The van der Waals surface area contributed by atoms with Gasteiger partial charge in [-0.05, 0) is 32.0 Å². The van der Waals surface area contributed by atoms with Gasteiger partial charge in [0.15, 0.2) is 0 Å². The molecule has 21 heavy (non-hydrogen) atoms. The van der Waals surface area contributed by atoms with Crippen LogP contribution in [0.2, 0.25) is 0 Å². The maximum absolute atomic E-state index is 5.59. The number of para-hydroxylation sites is 2. The van der Waals surface area contributed by atoms with Crippen LogP contribution in [0.4, 0.5) is 0 Å². The van der Waals surface area contributed by atoms with Crippen molar-refractivity contribution in [2.75, 3.05) is 19.8 Å². The van der Waals surface area contributed by atoms with Gasteiger partial charge in [-0.3, -0.25) is 0 Å². The number of hydrogen-bond donors (Lipinski definition) is 1. The maximum Gasteiger partial charge on any atom is 0.111 e. The van der Waals surface area contributed by atoms with E-state index in [-0.39, 0.29) is 0 Å². The molecule has 2 rings (SSSR count). The van der Waals surface area contributed by atoms with Gasteiger partial charge < -0.3 is 14.6 Å². The minimum atomic E-state index is 0.322. The molecular formula is C17H27N3O. The molecule has 1 atom stereocenters. The molecule has 1 aromatic carbocycles. The minimum absolute atomic E-state index is 0.322. The maximum atomic E-state index is 5.59. The Hall–Kier alpha value is -1.39. The SMILES string of the molecule is CCCn1c(CC(COCC)NCC)nc2ccccc21. The van der Waals surface area contributed by atoms with Gasteiger partial charge in [-0.2, -0.15) is 0 Å². The highest BCUT2D eigenvalue weighted by Gasteiger charge is 2.15. The van der Waals surface area contributed by atoms with Crippen LogP contribution < -0.4 is 5.32 Å². The van der Waals surface area contributed by atoms with E-state index in [9.17, 15) is 0 Å². The summed E-state index contributed by atoms with van der Waals surface area (Å²) in [7, 11) is 0. The summed E-state index contributed by atoms with van der Waals surface area (Å²) in [5, 5.41) is 3.50. The second-order valence-electron chi connectivity index (χ2n) is 5.29. The van der Waals surface area contributed by atoms with Gasteiger partial charge in [0.25, 0.3) is 0 Å². The number of fused-ring (bicyclic) bond motifs is 1. The van der Waals surface area contributed by atoms with E-state index in [0.717, 1.165) is 50.5 Å². The van der Waals surface area contributed by atoms with Crippen LogP contribution in [0.15, 0.2) is 24.3 Å². The summed E-state index contributed by atoms with van der Waals surface area (Å²) in [6, 6.07) is 8.71. The third-order valence-electron chi connectivity index (χ3n) is 3.63. The molecule has 0 fully saturated rings. The van der Waals surface area contributed by atoms with Gasteiger partial charge in [0, 0.05) is 25.6 Å². The summed E-state index contributed by atoms with van der Waals surface area (Å²) in [4.78, 5) is 4.83. The van der Waals surface area contributed by atoms with Gasteiger partial charge in [-0.1, -0.05) is 26.0 Å². The van der Waals surface area contributed by atoms with Crippen LogP contribution in [-0.2, 0) is 17.7 Å². The van der Waals surface area contributed by atoms with E-state index >= 15 is 0 Å². The molecule has 0 saturated heterocycles. The first-order chi connectivity index (χ1) is 10.3. The average molecular weight is 289 g/mol. The number of aryl methyl sites for hydroxylation is 1. The number of hydrogen-bond acceptors (Lipinski definition) is 3. The Morgan fingerprint density at radius 2 is 2.05 bits per heavy atom. The van der Waals surface area contributed by atoms with Crippen molar-refractivity contribution in [2.24, 2.45) is 0 Å². The third-order valence-corrected chi connectivity index (χ3v) is 3.63. The number of imidazole rings is 1. The molecule has 0 bridgehead atoms. The Morgan fingerprint density at radius 3 is 2.76 bits per heavy atom. The molecule has 116 valence electrons. The summed E-state index contributed by atoms with van der Waals surface area (Å²) in [6.07, 6.45) is 2.02. The standard InChI is InChI=1S/C17H27N3O/c1-4-11-20-16-10-8-7-9-15(16)19-17(20)12-14(18-5-2)13-21-6-3/h7-10,14,18H,4-6,11-13H2,1-3H3. The zero-order valence-corrected chi connectivity index (χ0v) is 13.4. The molecule has 2 aromatic rings. The van der Waals surface area contributed by atoms with Crippen LogP contribution in [0.5, 0.6) is 0 Å². The Morgan fingerprint density at radius 1 is 1.24 bits per heavy atom. The van der Waals surface area contributed by atoms with Gasteiger partial charge in [-0.15, -0.1) is 0 Å². The molecule has 0 saturated carbocycles. The summed E-state index contributed by atoms with van der Waals surface area (Å²) < 4.78 is 7.95. The first kappa shape index (κ1) is 16.0. The van der Waals surface area contributed by atoms with Crippen molar-refractivity contribution in [3.63, 3.8) is 0 Å². The predicted octanol–water partition coefficient (Wildman–Crippen LogP) is 3.00. The fraction of sp³-hybridized carbons (Fsp3) is 0.588. The first-order valence-electron chi connectivity index (χ1n) is 8.05. The van der Waals surface area contributed by atoms with Crippen LogP contribution >= 0.6 is 0 Å². The van der Waals surface area contributed by atoms with Gasteiger partial charge in [0.05, 0.1) is 17.6 Å². The zero-order valence-electron chi connectivity index (χ0n) is 13.4. The smallest absolute Gasteiger partial charge is 0.111 e. The fourth-order valence-corrected chi connectivity index (χ4v) is 2.71. The summed E-state index contributed by atoms with van der Waals surface area (Å²) in [6.45, 7) is 9.84. The second kappa shape index (κ2) is 8.15. The van der Waals surface area contributed by atoms with E-state index in [1.165, 1.54) is 5.52 Å². The number of likely N-dealkylation sites (N-methyl/N-ethyl adjacent to an activating group) is 1. The number of nitrogens with zero attached hydrogens (tertiary/aromatic N) is 2. The van der Waals surface area contributed by atoms with Crippen LogP contribution in [0.3, 0.4) is 0 Å². The molecular weight excluding hydrogens is 262 g/mol. The van der Waals surface area contributed by atoms with Gasteiger partial charge in [0.2, 0.25) is 0 Å². The number of aromatic nitrogens is 2. The molecule has 0 aliphatic carbocycles. The normalized spacial score (nSPS) is 12.9. The van der Waals surface area contributed by atoms with Crippen molar-refractivity contribution in [1.29, 1.82) is 0 Å². The average Bonchev–Trinajstić information content (AvgIpc) is 2.83. The van der Waals surface area contributed by atoms with Crippen molar-refractivity contribution in [1.82, 2.24) is 14.9 Å². The number of benzene rings is 1. The van der Waals surface area contributed by atoms with Crippen LogP contribution in [0.25, 0.3) is 11.0 Å². The Labute approximate surface area is 127 Å². The molecule has 0 radical (unpaired) electrons. The van der Waals surface area contributed by atoms with Crippen LogP contribution in [-0.4, -0.2) is 35.4 Å². The Balaban J connectivity index is 2.24. The minimum Gasteiger partial charge on any atom is -0.380 e. The molecule has 0 aliphatic heterocycles. The highest BCUT2D eigenvalue weighted by Crippen LogP contribution is 2.17. The van der Waals surface area contributed by atoms with E-state index < -0.39 is 0 Å². The van der Waals surface area contributed by atoms with Gasteiger partial charge >= 0.3 is 0 Å². The number of ether oxygens (including phenoxy) is 1. The molecule has 1 heterocycles. The lowest BCUT2D eigenvalue weighted by Crippen LogP contribution is -2.36. The molecule has 0 amide bonds. The molecule has 1 unspecified atom stereocenters. The van der Waals surface area contributed by atoms with Crippen molar-refractivity contribution in [2.45, 2.75) is 46.2 Å². The van der Waals surface area contributed by atoms with E-state index in [2.05, 4.69) is 48.0 Å². The largest absolute Gasteiger partial charge is 0.380 e. The van der Waals surface area contributed by atoms with Crippen LogP contribution in [0, 0.1) is 0 Å². The predicted molar refractivity (Wildman–Crippen MR) is 87.7 cm³/mol. The monoisotopic (exact) mass is 289 g/mol. The molecule has 0 aliphatic rings. The zero-order chi connectivity index (χ0) is 15.1. The number of nitrogens with one attached hydrogen (secondary N) is 1. The highest BCUT2D eigenvalue weighted by atomic mass is 16.5. The quantitative estimate of drug-likeness (QED) is 0.771. The number of rotatable bonds is 9. The molecule has 1 N–H and O–H groups in total. The van der Waals surface area contributed by atoms with E-state index in [1.807, 2.05) is 6.92 Å². The first-order valence-corrected chi connectivity index (χ1v) is 8.05. The lowest BCUT2D eigenvalue weighted by molar-refractivity contribution is 0.122. The van der Waals surface area contributed by atoms with E-state index in [1.54, 1.807) is 0 Å². The lowest BCUT2D eigenvalue weighted by atomic mass is 10.2. The second-order valence-corrected chi connectivity index (χ2v) is 5.29. The van der Waals surface area contributed by atoms with Crippen LogP contribution in [0.1, 0.15) is 33.0 Å². The van der Waals surface area contributed by atoms with Gasteiger partial charge in [0.1, 0.15) is 5.82 Å². The third kappa shape index (κ3) is 4.05.